The lowest BCUT2D eigenvalue weighted by Gasteiger charge is -2.25. The van der Waals surface area contributed by atoms with Gasteiger partial charge in [0, 0.05) is 35.5 Å². The van der Waals surface area contributed by atoms with E-state index in [1.165, 1.54) is 17.8 Å². The SMILES string of the molecule is O=C(Nc1cccc(Nc2c(NC3CCCCC3)c(=O)c2=O)c1)c1sccc1NCc1ccnc2ccccc12. The zero-order valence-electron chi connectivity index (χ0n) is 21.8. The second kappa shape index (κ2) is 11.3. The molecule has 1 saturated carbocycles. The largest absolute Gasteiger partial charge is 0.380 e. The Morgan fingerprint density at radius 3 is 2.58 bits per heavy atom. The number of anilines is 5. The number of rotatable bonds is 9. The second-order valence-electron chi connectivity index (χ2n) is 10.1. The summed E-state index contributed by atoms with van der Waals surface area (Å²) < 4.78 is 0. The third-order valence-electron chi connectivity index (χ3n) is 7.33. The molecular formula is C31H29N5O3S. The maximum atomic E-state index is 13.2. The molecule has 3 aromatic carbocycles. The average molecular weight is 552 g/mol. The number of para-hydroxylation sites is 1. The third kappa shape index (κ3) is 5.33. The zero-order chi connectivity index (χ0) is 27.5. The van der Waals surface area contributed by atoms with E-state index in [1.54, 1.807) is 30.5 Å². The molecule has 0 bridgehead atoms. The van der Waals surface area contributed by atoms with Gasteiger partial charge in [-0.1, -0.05) is 43.5 Å². The molecule has 0 spiro atoms. The third-order valence-corrected chi connectivity index (χ3v) is 8.25. The molecule has 202 valence electrons. The van der Waals surface area contributed by atoms with Gasteiger partial charge >= 0.3 is 0 Å². The van der Waals surface area contributed by atoms with Crippen LogP contribution in [-0.2, 0) is 6.54 Å². The van der Waals surface area contributed by atoms with Crippen molar-refractivity contribution in [3.63, 3.8) is 0 Å². The van der Waals surface area contributed by atoms with E-state index < -0.39 is 10.9 Å². The molecule has 4 N–H and O–H groups in total. The van der Waals surface area contributed by atoms with E-state index in [9.17, 15) is 14.4 Å². The highest BCUT2D eigenvalue weighted by Gasteiger charge is 2.24. The summed E-state index contributed by atoms with van der Waals surface area (Å²) >= 11 is 1.36. The van der Waals surface area contributed by atoms with Crippen LogP contribution in [0.15, 0.2) is 81.8 Å². The van der Waals surface area contributed by atoms with E-state index in [-0.39, 0.29) is 17.6 Å². The van der Waals surface area contributed by atoms with Crippen LogP contribution < -0.4 is 32.1 Å². The fraction of sp³-hybridized carbons (Fsp3) is 0.226. The van der Waals surface area contributed by atoms with E-state index in [0.717, 1.165) is 47.8 Å². The fourth-order valence-corrected chi connectivity index (χ4v) is 6.00. The first-order valence-corrected chi connectivity index (χ1v) is 14.4. The van der Waals surface area contributed by atoms with Gasteiger partial charge in [0.1, 0.15) is 16.3 Å². The van der Waals surface area contributed by atoms with Crippen LogP contribution in [-0.4, -0.2) is 16.9 Å². The number of carbonyl (C=O) groups is 1. The molecule has 0 aliphatic heterocycles. The smallest absolute Gasteiger partial charge is 0.267 e. The summed E-state index contributed by atoms with van der Waals surface area (Å²) in [6.07, 6.45) is 7.24. The molecule has 2 heterocycles. The van der Waals surface area contributed by atoms with Crippen LogP contribution >= 0.6 is 11.3 Å². The Labute approximate surface area is 235 Å². The number of carbonyl (C=O) groups excluding carboxylic acids is 1. The van der Waals surface area contributed by atoms with Gasteiger partial charge in [-0.05, 0) is 60.2 Å². The maximum absolute atomic E-state index is 13.2. The van der Waals surface area contributed by atoms with Gasteiger partial charge in [-0.2, -0.15) is 0 Å². The summed E-state index contributed by atoms with van der Waals surface area (Å²) in [5.41, 5.74) is 3.62. The zero-order valence-corrected chi connectivity index (χ0v) is 22.6. The highest BCUT2D eigenvalue weighted by molar-refractivity contribution is 7.12. The minimum atomic E-state index is -0.524. The number of nitrogens with one attached hydrogen (secondary N) is 4. The van der Waals surface area contributed by atoms with Gasteiger partial charge in [0.05, 0.1) is 11.2 Å². The van der Waals surface area contributed by atoms with Gasteiger partial charge in [-0.25, -0.2) is 0 Å². The van der Waals surface area contributed by atoms with E-state index >= 15 is 0 Å². The van der Waals surface area contributed by atoms with Gasteiger partial charge in [-0.15, -0.1) is 11.3 Å². The van der Waals surface area contributed by atoms with Crippen molar-refractivity contribution < 1.29 is 4.79 Å². The van der Waals surface area contributed by atoms with Crippen molar-refractivity contribution in [1.82, 2.24) is 4.98 Å². The number of hydrogen-bond donors (Lipinski definition) is 4. The standard InChI is InChI=1S/C31H29N5O3S/c37-28-26(34-20-7-2-1-3-8-20)27(29(28)38)35-21-9-6-10-22(17-21)36-31(39)30-25(14-16-40-30)33-18-19-13-15-32-24-12-5-4-11-23(19)24/h4-6,9-17,20,33-35H,1-3,7-8,18H2,(H,36,39). The summed E-state index contributed by atoms with van der Waals surface area (Å²) in [6.45, 7) is 0.554. The average Bonchev–Trinajstić information content (AvgIpc) is 3.47. The summed E-state index contributed by atoms with van der Waals surface area (Å²) in [5.74, 6) is -0.233. The highest BCUT2D eigenvalue weighted by atomic mass is 32.1. The van der Waals surface area contributed by atoms with Gasteiger partial charge in [-0.3, -0.25) is 19.4 Å². The number of hydrogen-bond acceptors (Lipinski definition) is 8. The van der Waals surface area contributed by atoms with Crippen LogP contribution in [0.1, 0.15) is 47.3 Å². The van der Waals surface area contributed by atoms with Gasteiger partial charge in [0.25, 0.3) is 16.8 Å². The second-order valence-corrected chi connectivity index (χ2v) is 11.0. The Balaban J connectivity index is 1.12. The molecule has 0 radical (unpaired) electrons. The molecule has 9 heteroatoms. The van der Waals surface area contributed by atoms with Crippen LogP contribution in [0.25, 0.3) is 10.9 Å². The van der Waals surface area contributed by atoms with Crippen LogP contribution in [0.4, 0.5) is 28.4 Å². The lowest BCUT2D eigenvalue weighted by atomic mass is 9.95. The Hall–Kier alpha value is -4.50. The summed E-state index contributed by atoms with van der Waals surface area (Å²) in [7, 11) is 0. The number of amides is 1. The van der Waals surface area contributed by atoms with Crippen molar-refractivity contribution in [3.8, 4) is 0 Å². The fourth-order valence-electron chi connectivity index (χ4n) is 5.23. The Morgan fingerprint density at radius 2 is 1.70 bits per heavy atom. The van der Waals surface area contributed by atoms with Crippen molar-refractivity contribution in [3.05, 3.63) is 103 Å². The van der Waals surface area contributed by atoms with E-state index in [4.69, 9.17) is 0 Å². The lowest BCUT2D eigenvalue weighted by molar-refractivity contribution is 0.103. The normalized spacial score (nSPS) is 13.8. The molecule has 0 saturated heterocycles. The predicted molar refractivity (Wildman–Crippen MR) is 163 cm³/mol. The summed E-state index contributed by atoms with van der Waals surface area (Å²) in [6, 6.07) is 19.2. The number of pyridine rings is 1. The van der Waals surface area contributed by atoms with Gasteiger partial charge in [0.15, 0.2) is 0 Å². The topological polar surface area (TPSA) is 112 Å². The van der Waals surface area contributed by atoms with E-state index in [2.05, 4.69) is 26.3 Å². The van der Waals surface area contributed by atoms with E-state index in [1.807, 2.05) is 41.8 Å². The quantitative estimate of drug-likeness (QED) is 0.160. The van der Waals surface area contributed by atoms with Crippen LogP contribution in [0.2, 0.25) is 0 Å². The molecule has 5 aromatic rings. The number of fused-ring (bicyclic) bond motifs is 1. The predicted octanol–water partition coefficient (Wildman–Crippen LogP) is 6.24. The van der Waals surface area contributed by atoms with Gasteiger partial charge < -0.3 is 21.3 Å². The van der Waals surface area contributed by atoms with Crippen molar-refractivity contribution in [2.75, 3.05) is 21.3 Å². The first-order chi connectivity index (χ1) is 19.6. The van der Waals surface area contributed by atoms with Crippen LogP contribution in [0.3, 0.4) is 0 Å². The Bertz CT molecular complexity index is 1740. The molecule has 0 atom stereocenters. The van der Waals surface area contributed by atoms with Crippen molar-refractivity contribution >= 4 is 56.6 Å². The van der Waals surface area contributed by atoms with Crippen LogP contribution in [0, 0.1) is 0 Å². The lowest BCUT2D eigenvalue weighted by Crippen LogP contribution is -2.39. The van der Waals surface area contributed by atoms with Crippen molar-refractivity contribution in [1.29, 1.82) is 0 Å². The number of thiophene rings is 1. The molecule has 1 fully saturated rings. The maximum Gasteiger partial charge on any atom is 0.267 e. The number of aromatic nitrogens is 1. The first kappa shape index (κ1) is 25.8. The molecule has 40 heavy (non-hydrogen) atoms. The first-order valence-electron chi connectivity index (χ1n) is 13.5. The molecule has 1 aliphatic rings. The molecule has 1 aliphatic carbocycles. The molecule has 2 aromatic heterocycles. The van der Waals surface area contributed by atoms with Crippen LogP contribution in [0.5, 0.6) is 0 Å². The minimum absolute atomic E-state index is 0.217. The highest BCUT2D eigenvalue weighted by Crippen LogP contribution is 2.29. The Morgan fingerprint density at radius 1 is 0.900 bits per heavy atom. The number of nitrogens with zero attached hydrogens (tertiary/aromatic N) is 1. The molecule has 8 nitrogen and oxygen atoms in total. The molecule has 0 unspecified atom stereocenters. The Kier molecular flexibility index (Phi) is 7.29. The molecule has 1 amide bonds. The monoisotopic (exact) mass is 551 g/mol. The van der Waals surface area contributed by atoms with E-state index in [0.29, 0.717) is 28.5 Å². The molecular weight excluding hydrogens is 522 g/mol. The summed E-state index contributed by atoms with van der Waals surface area (Å²) in [4.78, 5) is 42.7. The minimum Gasteiger partial charge on any atom is -0.380 e. The van der Waals surface area contributed by atoms with Crippen molar-refractivity contribution in [2.45, 2.75) is 44.7 Å². The van der Waals surface area contributed by atoms with Gasteiger partial charge in [0.2, 0.25) is 0 Å². The van der Waals surface area contributed by atoms with Crippen molar-refractivity contribution in [2.24, 2.45) is 0 Å². The molecule has 6 rings (SSSR count). The number of benzene rings is 2. The summed E-state index contributed by atoms with van der Waals surface area (Å²) in [5, 5.41) is 15.7.